The van der Waals surface area contributed by atoms with Crippen molar-refractivity contribution in [1.29, 1.82) is 0 Å². The number of nitrogens with zero attached hydrogens (tertiary/aromatic N) is 1. The average molecular weight is 447 g/mol. The number of benzene rings is 3. The summed E-state index contributed by atoms with van der Waals surface area (Å²) < 4.78 is 5.70. The van der Waals surface area contributed by atoms with Gasteiger partial charge in [0.05, 0.1) is 18.7 Å². The van der Waals surface area contributed by atoms with E-state index in [2.05, 4.69) is 5.32 Å². The van der Waals surface area contributed by atoms with Crippen molar-refractivity contribution in [1.82, 2.24) is 4.90 Å². The van der Waals surface area contributed by atoms with Crippen LogP contribution in [0.4, 0.5) is 5.69 Å². The predicted molar refractivity (Wildman–Crippen MR) is 126 cm³/mol. The molecule has 32 heavy (non-hydrogen) atoms. The third-order valence-electron chi connectivity index (χ3n) is 5.09. The minimum atomic E-state index is -0.395. The van der Waals surface area contributed by atoms with Gasteiger partial charge < -0.3 is 10.1 Å². The highest BCUT2D eigenvalue weighted by molar-refractivity contribution is 6.36. The van der Waals surface area contributed by atoms with Crippen LogP contribution in [0.25, 0.3) is 5.57 Å². The lowest BCUT2D eigenvalue weighted by atomic mass is 10.0. The van der Waals surface area contributed by atoms with Crippen LogP contribution < -0.4 is 10.1 Å². The predicted octanol–water partition coefficient (Wildman–Crippen LogP) is 5.52. The Bertz CT molecular complexity index is 1170. The van der Waals surface area contributed by atoms with Crippen LogP contribution in [0.3, 0.4) is 0 Å². The third-order valence-corrected chi connectivity index (χ3v) is 5.46. The fourth-order valence-electron chi connectivity index (χ4n) is 3.53. The van der Waals surface area contributed by atoms with E-state index in [0.29, 0.717) is 39.8 Å². The first-order chi connectivity index (χ1) is 15.6. The van der Waals surface area contributed by atoms with Crippen LogP contribution in [0, 0.1) is 0 Å². The zero-order valence-electron chi connectivity index (χ0n) is 17.7. The number of carbonyl (C=O) groups is 2. The summed E-state index contributed by atoms with van der Waals surface area (Å²) >= 11 is 6.28. The number of rotatable bonds is 8. The fraction of sp³-hybridized carbons (Fsp3) is 0.154. The van der Waals surface area contributed by atoms with Crippen LogP contribution in [0.5, 0.6) is 5.75 Å². The third kappa shape index (κ3) is 4.53. The van der Waals surface area contributed by atoms with Gasteiger partial charge in [-0.15, -0.1) is 0 Å². The lowest BCUT2D eigenvalue weighted by Crippen LogP contribution is -2.32. The molecule has 1 aliphatic heterocycles. The molecule has 6 heteroatoms. The lowest BCUT2D eigenvalue weighted by Gasteiger charge is -2.16. The van der Waals surface area contributed by atoms with Gasteiger partial charge in [-0.1, -0.05) is 73.1 Å². The maximum Gasteiger partial charge on any atom is 0.278 e. The highest BCUT2D eigenvalue weighted by atomic mass is 35.5. The number of hydrogen-bond donors (Lipinski definition) is 1. The number of carbonyl (C=O) groups excluding carboxylic acids is 2. The second kappa shape index (κ2) is 9.71. The smallest absolute Gasteiger partial charge is 0.278 e. The molecule has 0 bridgehead atoms. The maximum absolute atomic E-state index is 13.4. The number of imide groups is 1. The van der Waals surface area contributed by atoms with Crippen LogP contribution in [-0.4, -0.2) is 23.3 Å². The summed E-state index contributed by atoms with van der Waals surface area (Å²) in [6, 6.07) is 23.8. The summed E-state index contributed by atoms with van der Waals surface area (Å²) in [5.74, 6) is -0.0564. The molecule has 1 aliphatic rings. The Morgan fingerprint density at radius 2 is 1.66 bits per heavy atom. The molecule has 2 amide bonds. The molecule has 0 spiro atoms. The van der Waals surface area contributed by atoms with Gasteiger partial charge in [-0.3, -0.25) is 14.5 Å². The van der Waals surface area contributed by atoms with Crippen molar-refractivity contribution in [2.24, 2.45) is 0 Å². The molecule has 0 saturated heterocycles. The van der Waals surface area contributed by atoms with Crippen molar-refractivity contribution >= 4 is 34.7 Å². The Labute approximate surface area is 192 Å². The number of nitrogens with one attached hydrogen (secondary N) is 1. The van der Waals surface area contributed by atoms with E-state index in [4.69, 9.17) is 16.3 Å². The van der Waals surface area contributed by atoms with Crippen molar-refractivity contribution in [3.63, 3.8) is 0 Å². The highest BCUT2D eigenvalue weighted by Gasteiger charge is 2.39. The van der Waals surface area contributed by atoms with Gasteiger partial charge in [0.25, 0.3) is 11.8 Å². The Balaban J connectivity index is 1.69. The summed E-state index contributed by atoms with van der Waals surface area (Å²) in [5, 5.41) is 3.68. The molecule has 0 fully saturated rings. The number of ether oxygens (including phenoxy) is 1. The van der Waals surface area contributed by atoms with Gasteiger partial charge in [0.15, 0.2) is 0 Å². The molecule has 0 atom stereocenters. The monoisotopic (exact) mass is 446 g/mol. The molecule has 1 heterocycles. The Kier molecular flexibility index (Phi) is 6.57. The summed E-state index contributed by atoms with van der Waals surface area (Å²) in [6.45, 7) is 2.73. The number of halogens is 1. The molecule has 4 rings (SSSR count). The average Bonchev–Trinajstić information content (AvgIpc) is 3.04. The van der Waals surface area contributed by atoms with Gasteiger partial charge >= 0.3 is 0 Å². The molecule has 0 radical (unpaired) electrons. The Morgan fingerprint density at radius 1 is 0.906 bits per heavy atom. The first kappa shape index (κ1) is 21.7. The van der Waals surface area contributed by atoms with E-state index >= 15 is 0 Å². The van der Waals surface area contributed by atoms with E-state index in [-0.39, 0.29) is 18.1 Å². The molecule has 5 nitrogen and oxygen atoms in total. The summed E-state index contributed by atoms with van der Waals surface area (Å²) in [6.07, 6.45) is 0.894. The normalized spacial score (nSPS) is 13.6. The molecule has 162 valence electrons. The molecule has 0 saturated carbocycles. The Morgan fingerprint density at radius 3 is 2.41 bits per heavy atom. The van der Waals surface area contributed by atoms with Crippen molar-refractivity contribution in [3.8, 4) is 5.75 Å². The quantitative estimate of drug-likeness (QED) is 0.463. The molecule has 0 aliphatic carbocycles. The van der Waals surface area contributed by atoms with E-state index in [1.807, 2.05) is 79.7 Å². The van der Waals surface area contributed by atoms with Crippen molar-refractivity contribution in [3.05, 3.63) is 101 Å². The minimum Gasteiger partial charge on any atom is -0.494 e. The highest BCUT2D eigenvalue weighted by Crippen LogP contribution is 2.33. The summed E-state index contributed by atoms with van der Waals surface area (Å²) in [5.41, 5.74) is 2.62. The second-order valence-corrected chi connectivity index (χ2v) is 7.81. The van der Waals surface area contributed by atoms with Crippen LogP contribution in [-0.2, 0) is 16.1 Å². The fourth-order valence-corrected chi connectivity index (χ4v) is 3.73. The zero-order chi connectivity index (χ0) is 22.5. The molecule has 3 aromatic rings. The topological polar surface area (TPSA) is 58.6 Å². The largest absolute Gasteiger partial charge is 0.494 e. The van der Waals surface area contributed by atoms with E-state index in [1.54, 1.807) is 6.07 Å². The lowest BCUT2D eigenvalue weighted by molar-refractivity contribution is -0.137. The van der Waals surface area contributed by atoms with Crippen LogP contribution in [0.1, 0.15) is 24.5 Å². The number of hydrogen-bond acceptors (Lipinski definition) is 4. The van der Waals surface area contributed by atoms with Gasteiger partial charge in [-0.05, 0) is 35.7 Å². The Hall–Kier alpha value is -3.57. The van der Waals surface area contributed by atoms with Crippen LogP contribution >= 0.6 is 11.6 Å². The van der Waals surface area contributed by atoms with Gasteiger partial charge in [0.2, 0.25) is 0 Å². The van der Waals surface area contributed by atoms with E-state index in [1.165, 1.54) is 4.90 Å². The van der Waals surface area contributed by atoms with Crippen LogP contribution in [0.2, 0.25) is 5.02 Å². The molecule has 0 aromatic heterocycles. The SMILES string of the molecule is CCCOc1cccc(NC2=C(c3ccccc3)C(=O)N(Cc3ccccc3Cl)C2=O)c1. The minimum absolute atomic E-state index is 0.0957. The van der Waals surface area contributed by atoms with Crippen molar-refractivity contribution in [2.75, 3.05) is 11.9 Å². The number of anilines is 1. The van der Waals surface area contributed by atoms with Crippen molar-refractivity contribution < 1.29 is 14.3 Å². The first-order valence-electron chi connectivity index (χ1n) is 10.5. The van der Waals surface area contributed by atoms with Gasteiger partial charge in [0.1, 0.15) is 11.4 Å². The molecular formula is C26H23ClN2O3. The van der Waals surface area contributed by atoms with Crippen LogP contribution in [0.15, 0.2) is 84.6 Å². The van der Waals surface area contributed by atoms with Gasteiger partial charge in [-0.2, -0.15) is 0 Å². The second-order valence-electron chi connectivity index (χ2n) is 7.41. The molecule has 1 N–H and O–H groups in total. The molecule has 3 aromatic carbocycles. The maximum atomic E-state index is 13.4. The first-order valence-corrected chi connectivity index (χ1v) is 10.9. The van der Waals surface area contributed by atoms with E-state index in [0.717, 1.165) is 6.42 Å². The van der Waals surface area contributed by atoms with E-state index < -0.39 is 5.91 Å². The van der Waals surface area contributed by atoms with Gasteiger partial charge in [0, 0.05) is 16.8 Å². The molecular weight excluding hydrogens is 424 g/mol. The summed E-state index contributed by atoms with van der Waals surface area (Å²) in [7, 11) is 0. The molecule has 0 unspecified atom stereocenters. The number of amides is 2. The zero-order valence-corrected chi connectivity index (χ0v) is 18.4. The summed E-state index contributed by atoms with van der Waals surface area (Å²) in [4.78, 5) is 28.0. The van der Waals surface area contributed by atoms with E-state index in [9.17, 15) is 9.59 Å². The van der Waals surface area contributed by atoms with Crippen molar-refractivity contribution in [2.45, 2.75) is 19.9 Å². The van der Waals surface area contributed by atoms with Gasteiger partial charge in [-0.25, -0.2) is 0 Å². The standard InChI is InChI=1S/C26H23ClN2O3/c1-2-15-32-21-13-8-12-20(16-21)28-24-23(18-9-4-3-5-10-18)25(30)29(26(24)31)17-19-11-6-7-14-22(19)27/h3-14,16,28H,2,15,17H2,1H3.